The minimum atomic E-state index is -3.56. The maximum atomic E-state index is 12.7. The number of hydrogen-bond donors (Lipinski definition) is 2. The first-order valence-electron chi connectivity index (χ1n) is 9.40. The van der Waals surface area contributed by atoms with Crippen molar-refractivity contribution in [3.63, 3.8) is 0 Å². The highest BCUT2D eigenvalue weighted by molar-refractivity contribution is 7.89. The number of rotatable bonds is 6. The highest BCUT2D eigenvalue weighted by atomic mass is 32.2. The molecule has 9 heteroatoms. The number of carbonyl (C=O) groups excluding carboxylic acids is 2. The SMILES string of the molecule is Cc1ccc(S(=O)(=O)N2CCC(C(=O)NCC(=O)Nc3cccnc3)CC2)cc1. The van der Waals surface area contributed by atoms with Gasteiger partial charge in [0, 0.05) is 25.2 Å². The molecule has 0 unspecified atom stereocenters. The van der Waals surface area contributed by atoms with Crippen molar-refractivity contribution in [1.82, 2.24) is 14.6 Å². The molecule has 29 heavy (non-hydrogen) atoms. The summed E-state index contributed by atoms with van der Waals surface area (Å²) in [6, 6.07) is 10.1. The maximum Gasteiger partial charge on any atom is 0.243 e. The summed E-state index contributed by atoms with van der Waals surface area (Å²) in [4.78, 5) is 28.4. The third-order valence-electron chi connectivity index (χ3n) is 4.85. The summed E-state index contributed by atoms with van der Waals surface area (Å²) in [6.45, 7) is 2.31. The molecule has 0 saturated carbocycles. The average molecular weight is 417 g/mol. The normalized spacial score (nSPS) is 15.6. The van der Waals surface area contributed by atoms with Crippen molar-refractivity contribution in [1.29, 1.82) is 0 Å². The summed E-state index contributed by atoms with van der Waals surface area (Å²) in [5.41, 5.74) is 1.55. The zero-order valence-corrected chi connectivity index (χ0v) is 17.0. The van der Waals surface area contributed by atoms with Crippen LogP contribution in [0.25, 0.3) is 0 Å². The molecule has 0 spiro atoms. The van der Waals surface area contributed by atoms with E-state index in [0.717, 1.165) is 5.56 Å². The van der Waals surface area contributed by atoms with Gasteiger partial charge in [-0.1, -0.05) is 17.7 Å². The Morgan fingerprint density at radius 2 is 1.83 bits per heavy atom. The Hall–Kier alpha value is -2.78. The third kappa shape index (κ3) is 5.39. The lowest BCUT2D eigenvalue weighted by atomic mass is 9.97. The lowest BCUT2D eigenvalue weighted by Crippen LogP contribution is -2.44. The molecule has 154 valence electrons. The largest absolute Gasteiger partial charge is 0.347 e. The number of amides is 2. The van der Waals surface area contributed by atoms with Crippen molar-refractivity contribution in [2.45, 2.75) is 24.7 Å². The Morgan fingerprint density at radius 1 is 1.14 bits per heavy atom. The zero-order valence-electron chi connectivity index (χ0n) is 16.2. The minimum absolute atomic E-state index is 0.143. The van der Waals surface area contributed by atoms with Gasteiger partial charge in [0.05, 0.1) is 23.3 Å². The van der Waals surface area contributed by atoms with Crippen molar-refractivity contribution < 1.29 is 18.0 Å². The molecule has 2 heterocycles. The Morgan fingerprint density at radius 3 is 2.45 bits per heavy atom. The van der Waals surface area contributed by atoms with Gasteiger partial charge in [-0.25, -0.2) is 8.42 Å². The Bertz CT molecular complexity index is 954. The van der Waals surface area contributed by atoms with Gasteiger partial charge in [0.15, 0.2) is 0 Å². The van der Waals surface area contributed by atoms with Crippen molar-refractivity contribution in [3.05, 3.63) is 54.4 Å². The molecule has 2 aromatic rings. The monoisotopic (exact) mass is 416 g/mol. The van der Waals surface area contributed by atoms with E-state index in [4.69, 9.17) is 0 Å². The Kier molecular flexibility index (Phi) is 6.60. The summed E-state index contributed by atoms with van der Waals surface area (Å²) in [7, 11) is -3.56. The number of carbonyl (C=O) groups is 2. The molecule has 1 fully saturated rings. The average Bonchev–Trinajstić information content (AvgIpc) is 2.73. The van der Waals surface area contributed by atoms with Gasteiger partial charge in [-0.15, -0.1) is 0 Å². The standard InChI is InChI=1S/C20H24N4O4S/c1-15-4-6-18(7-5-15)29(27,28)24-11-8-16(9-12-24)20(26)22-14-19(25)23-17-3-2-10-21-13-17/h2-7,10,13,16H,8-9,11-12,14H2,1H3,(H,22,26)(H,23,25). The number of aryl methyl sites for hydroxylation is 1. The summed E-state index contributed by atoms with van der Waals surface area (Å²) in [5.74, 6) is -0.893. The summed E-state index contributed by atoms with van der Waals surface area (Å²) >= 11 is 0. The number of sulfonamides is 1. The molecular formula is C20H24N4O4S. The van der Waals surface area contributed by atoms with E-state index in [1.54, 1.807) is 42.6 Å². The maximum absolute atomic E-state index is 12.7. The predicted molar refractivity (Wildman–Crippen MR) is 109 cm³/mol. The number of anilines is 1. The second-order valence-corrected chi connectivity index (χ2v) is 8.94. The fourth-order valence-electron chi connectivity index (χ4n) is 3.17. The van der Waals surface area contributed by atoms with Crippen LogP contribution in [0, 0.1) is 12.8 Å². The van der Waals surface area contributed by atoms with E-state index >= 15 is 0 Å². The van der Waals surface area contributed by atoms with Crippen LogP contribution in [0.3, 0.4) is 0 Å². The first-order chi connectivity index (χ1) is 13.9. The molecule has 1 saturated heterocycles. The van der Waals surface area contributed by atoms with Gasteiger partial charge < -0.3 is 10.6 Å². The minimum Gasteiger partial charge on any atom is -0.347 e. The van der Waals surface area contributed by atoms with E-state index in [1.165, 1.54) is 10.5 Å². The lowest BCUT2D eigenvalue weighted by Gasteiger charge is -2.30. The van der Waals surface area contributed by atoms with Gasteiger partial charge in [0.1, 0.15) is 0 Å². The van der Waals surface area contributed by atoms with Crippen LogP contribution in [0.4, 0.5) is 5.69 Å². The van der Waals surface area contributed by atoms with Crippen LogP contribution in [0.15, 0.2) is 53.7 Å². The molecular weight excluding hydrogens is 392 g/mol. The molecule has 2 N–H and O–H groups in total. The van der Waals surface area contributed by atoms with Crippen LogP contribution in [0.5, 0.6) is 0 Å². The van der Waals surface area contributed by atoms with Crippen LogP contribution < -0.4 is 10.6 Å². The van der Waals surface area contributed by atoms with Gasteiger partial charge in [-0.3, -0.25) is 14.6 Å². The highest BCUT2D eigenvalue weighted by Gasteiger charge is 2.32. The van der Waals surface area contributed by atoms with Crippen molar-refractivity contribution in [3.8, 4) is 0 Å². The molecule has 2 amide bonds. The molecule has 0 aliphatic carbocycles. The zero-order chi connectivity index (χ0) is 20.9. The number of benzene rings is 1. The topological polar surface area (TPSA) is 108 Å². The summed E-state index contributed by atoms with van der Waals surface area (Å²) in [5, 5.41) is 5.27. The van der Waals surface area contributed by atoms with Crippen molar-refractivity contribution >= 4 is 27.5 Å². The molecule has 1 aromatic heterocycles. The van der Waals surface area contributed by atoms with Crippen LogP contribution >= 0.6 is 0 Å². The van der Waals surface area contributed by atoms with E-state index in [2.05, 4.69) is 15.6 Å². The Balaban J connectivity index is 1.48. The van der Waals surface area contributed by atoms with Crippen LogP contribution in [0.2, 0.25) is 0 Å². The number of nitrogens with one attached hydrogen (secondary N) is 2. The second-order valence-electron chi connectivity index (χ2n) is 7.00. The van der Waals surface area contributed by atoms with Crippen LogP contribution in [0.1, 0.15) is 18.4 Å². The number of pyridine rings is 1. The van der Waals surface area contributed by atoms with Crippen LogP contribution in [-0.2, 0) is 19.6 Å². The third-order valence-corrected chi connectivity index (χ3v) is 6.76. The molecule has 1 aliphatic rings. The van der Waals surface area contributed by atoms with Gasteiger partial charge in [0.25, 0.3) is 0 Å². The first kappa shape index (κ1) is 20.9. The number of aromatic nitrogens is 1. The predicted octanol–water partition coefficient (Wildman–Crippen LogP) is 1.55. The quantitative estimate of drug-likeness (QED) is 0.743. The summed E-state index contributed by atoms with van der Waals surface area (Å²) < 4.78 is 26.9. The van der Waals surface area contributed by atoms with E-state index in [9.17, 15) is 18.0 Å². The van der Waals surface area contributed by atoms with E-state index in [-0.39, 0.29) is 42.3 Å². The van der Waals surface area contributed by atoms with Crippen molar-refractivity contribution in [2.75, 3.05) is 25.0 Å². The second kappa shape index (κ2) is 9.15. The summed E-state index contributed by atoms with van der Waals surface area (Å²) in [6.07, 6.45) is 3.95. The van der Waals surface area contributed by atoms with Gasteiger partial charge in [0.2, 0.25) is 21.8 Å². The Labute approximate surface area is 170 Å². The first-order valence-corrected chi connectivity index (χ1v) is 10.8. The smallest absolute Gasteiger partial charge is 0.243 e. The molecule has 1 aliphatic heterocycles. The fourth-order valence-corrected chi connectivity index (χ4v) is 4.64. The number of hydrogen-bond acceptors (Lipinski definition) is 5. The van der Waals surface area contributed by atoms with Crippen LogP contribution in [-0.4, -0.2) is 49.2 Å². The lowest BCUT2D eigenvalue weighted by molar-refractivity contribution is -0.128. The number of nitrogens with zero attached hydrogens (tertiary/aromatic N) is 2. The fraction of sp³-hybridized carbons (Fsp3) is 0.350. The van der Waals surface area contributed by atoms with Gasteiger partial charge >= 0.3 is 0 Å². The molecule has 0 atom stereocenters. The molecule has 1 aromatic carbocycles. The molecule has 0 bridgehead atoms. The molecule has 8 nitrogen and oxygen atoms in total. The van der Waals surface area contributed by atoms with Crippen molar-refractivity contribution in [2.24, 2.45) is 5.92 Å². The molecule has 0 radical (unpaired) electrons. The van der Waals surface area contributed by atoms with E-state index in [0.29, 0.717) is 18.5 Å². The van der Waals surface area contributed by atoms with E-state index < -0.39 is 10.0 Å². The van der Waals surface area contributed by atoms with Gasteiger partial charge in [-0.05, 0) is 44.0 Å². The highest BCUT2D eigenvalue weighted by Crippen LogP contribution is 2.24. The molecule has 3 rings (SSSR count). The van der Waals surface area contributed by atoms with Gasteiger partial charge in [-0.2, -0.15) is 4.31 Å². The number of piperidine rings is 1. The van der Waals surface area contributed by atoms with E-state index in [1.807, 2.05) is 6.92 Å².